The van der Waals surface area contributed by atoms with Crippen LogP contribution in [-0.4, -0.2) is 61.7 Å². The smallest absolute Gasteiger partial charge is 0.0236 e. The van der Waals surface area contributed by atoms with Crippen molar-refractivity contribution in [3.8, 4) is 0 Å². The van der Waals surface area contributed by atoms with Crippen LogP contribution in [0.4, 0.5) is 0 Å². The molecule has 2 fully saturated rings. The summed E-state index contributed by atoms with van der Waals surface area (Å²) in [7, 11) is 2.22. The van der Waals surface area contributed by atoms with Crippen molar-refractivity contribution < 1.29 is 0 Å². The largest absolute Gasteiger partial charge is 0.313 e. The minimum Gasteiger partial charge on any atom is -0.313 e. The maximum Gasteiger partial charge on any atom is 0.0236 e. The second-order valence-corrected chi connectivity index (χ2v) is 4.54. The van der Waals surface area contributed by atoms with Crippen LogP contribution in [0.15, 0.2) is 0 Å². The van der Waals surface area contributed by atoms with Gasteiger partial charge in [-0.2, -0.15) is 0 Å². The molecule has 3 nitrogen and oxygen atoms in total. The van der Waals surface area contributed by atoms with E-state index in [-0.39, 0.29) is 24.8 Å². The predicted molar refractivity (Wildman–Crippen MR) is 69.4 cm³/mol. The van der Waals surface area contributed by atoms with Crippen LogP contribution in [0.1, 0.15) is 13.3 Å². The van der Waals surface area contributed by atoms with Gasteiger partial charge in [0.25, 0.3) is 0 Å². The molecule has 92 valence electrons. The van der Waals surface area contributed by atoms with E-state index in [0.29, 0.717) is 0 Å². The molecule has 0 aromatic rings. The van der Waals surface area contributed by atoms with Crippen LogP contribution in [0.25, 0.3) is 0 Å². The zero-order valence-corrected chi connectivity index (χ0v) is 11.2. The molecular weight excluding hydrogens is 233 g/mol. The van der Waals surface area contributed by atoms with Crippen LogP contribution in [-0.2, 0) is 0 Å². The molecule has 5 heteroatoms. The molecular formula is C10H23Cl2N3. The van der Waals surface area contributed by atoms with Gasteiger partial charge < -0.3 is 10.2 Å². The van der Waals surface area contributed by atoms with Crippen molar-refractivity contribution in [1.82, 2.24) is 15.1 Å². The number of nitrogens with one attached hydrogen (secondary N) is 1. The molecule has 2 atom stereocenters. The van der Waals surface area contributed by atoms with Crippen LogP contribution in [0.5, 0.6) is 0 Å². The molecule has 2 aliphatic rings. The number of nitrogens with zero attached hydrogens (tertiary/aromatic N) is 2. The Morgan fingerprint density at radius 1 is 1.07 bits per heavy atom. The first-order valence-corrected chi connectivity index (χ1v) is 5.41. The van der Waals surface area contributed by atoms with Crippen LogP contribution in [0.3, 0.4) is 0 Å². The van der Waals surface area contributed by atoms with Gasteiger partial charge in [0.2, 0.25) is 0 Å². The second-order valence-electron chi connectivity index (χ2n) is 4.54. The van der Waals surface area contributed by atoms with Crippen LogP contribution in [0, 0.1) is 0 Å². The highest BCUT2D eigenvalue weighted by molar-refractivity contribution is 5.85. The van der Waals surface area contributed by atoms with Gasteiger partial charge in [0.1, 0.15) is 0 Å². The average Bonchev–Trinajstić information content (AvgIpc) is 2.53. The molecule has 0 spiro atoms. The minimum atomic E-state index is 0. The molecule has 2 saturated heterocycles. The molecule has 2 rings (SSSR count). The van der Waals surface area contributed by atoms with E-state index in [9.17, 15) is 0 Å². The lowest BCUT2D eigenvalue weighted by Crippen LogP contribution is -2.49. The molecule has 0 saturated carbocycles. The summed E-state index contributed by atoms with van der Waals surface area (Å²) < 4.78 is 0. The highest BCUT2D eigenvalue weighted by Gasteiger charge is 2.27. The summed E-state index contributed by atoms with van der Waals surface area (Å²) >= 11 is 0. The van der Waals surface area contributed by atoms with Gasteiger partial charge >= 0.3 is 0 Å². The quantitative estimate of drug-likeness (QED) is 0.749. The van der Waals surface area contributed by atoms with Gasteiger partial charge in [-0.05, 0) is 20.4 Å². The topological polar surface area (TPSA) is 18.5 Å². The van der Waals surface area contributed by atoms with E-state index >= 15 is 0 Å². The minimum absolute atomic E-state index is 0. The normalized spacial score (nSPS) is 33.2. The first-order chi connectivity index (χ1) is 6.25. The Labute approximate surface area is 105 Å². The van der Waals surface area contributed by atoms with Crippen molar-refractivity contribution in [2.75, 3.05) is 39.8 Å². The third-order valence-electron chi connectivity index (χ3n) is 3.38. The van der Waals surface area contributed by atoms with Crippen molar-refractivity contribution in [1.29, 1.82) is 0 Å². The van der Waals surface area contributed by atoms with E-state index < -0.39 is 0 Å². The Kier molecular flexibility index (Phi) is 7.13. The van der Waals surface area contributed by atoms with Gasteiger partial charge in [-0.1, -0.05) is 0 Å². The van der Waals surface area contributed by atoms with Crippen LogP contribution < -0.4 is 5.32 Å². The molecule has 0 aromatic heterocycles. The summed E-state index contributed by atoms with van der Waals surface area (Å²) in [6.07, 6.45) is 1.34. The number of piperazine rings is 1. The molecule has 0 bridgehead atoms. The highest BCUT2D eigenvalue weighted by atomic mass is 35.5. The van der Waals surface area contributed by atoms with Gasteiger partial charge in [-0.15, -0.1) is 24.8 Å². The van der Waals surface area contributed by atoms with E-state index in [1.807, 2.05) is 0 Å². The first kappa shape index (κ1) is 15.5. The number of likely N-dealkylation sites (N-methyl/N-ethyl adjacent to an activating group) is 1. The molecule has 0 unspecified atom stereocenters. The molecule has 0 aromatic carbocycles. The van der Waals surface area contributed by atoms with Crippen molar-refractivity contribution in [2.24, 2.45) is 0 Å². The summed E-state index contributed by atoms with van der Waals surface area (Å²) in [6.45, 7) is 8.49. The second kappa shape index (κ2) is 6.92. The Balaban J connectivity index is 0.000000980. The lowest BCUT2D eigenvalue weighted by molar-refractivity contribution is 0.118. The number of halogens is 2. The number of hydrogen-bond donors (Lipinski definition) is 1. The summed E-state index contributed by atoms with van der Waals surface area (Å²) in [4.78, 5) is 5.07. The van der Waals surface area contributed by atoms with Gasteiger partial charge in [0.05, 0.1) is 0 Å². The van der Waals surface area contributed by atoms with Gasteiger partial charge in [-0.3, -0.25) is 4.90 Å². The predicted octanol–water partition coefficient (Wildman–Crippen LogP) is 0.828. The fraction of sp³-hybridized carbons (Fsp3) is 1.00. The summed E-state index contributed by atoms with van der Waals surface area (Å²) in [5.74, 6) is 0. The summed E-state index contributed by atoms with van der Waals surface area (Å²) in [5, 5.41) is 3.52. The van der Waals surface area contributed by atoms with E-state index in [0.717, 1.165) is 12.1 Å². The van der Waals surface area contributed by atoms with Crippen LogP contribution in [0.2, 0.25) is 0 Å². The van der Waals surface area contributed by atoms with Crippen LogP contribution >= 0.6 is 24.8 Å². The maximum atomic E-state index is 3.52. The molecule has 1 N–H and O–H groups in total. The monoisotopic (exact) mass is 255 g/mol. The summed E-state index contributed by atoms with van der Waals surface area (Å²) in [5.41, 5.74) is 0. The Morgan fingerprint density at radius 3 is 2.13 bits per heavy atom. The maximum absolute atomic E-state index is 3.52. The first-order valence-electron chi connectivity index (χ1n) is 5.41. The molecule has 0 amide bonds. The van der Waals surface area contributed by atoms with E-state index in [2.05, 4.69) is 29.1 Å². The fourth-order valence-electron chi connectivity index (χ4n) is 2.38. The lowest BCUT2D eigenvalue weighted by atomic mass is 10.1. The third kappa shape index (κ3) is 4.08. The highest BCUT2D eigenvalue weighted by Crippen LogP contribution is 2.14. The molecule has 2 aliphatic heterocycles. The number of rotatable bonds is 1. The Morgan fingerprint density at radius 2 is 1.67 bits per heavy atom. The fourth-order valence-corrected chi connectivity index (χ4v) is 2.38. The third-order valence-corrected chi connectivity index (χ3v) is 3.38. The van der Waals surface area contributed by atoms with Crippen molar-refractivity contribution in [3.05, 3.63) is 0 Å². The van der Waals surface area contributed by atoms with Gasteiger partial charge in [0.15, 0.2) is 0 Å². The van der Waals surface area contributed by atoms with E-state index in [1.54, 1.807) is 0 Å². The molecule has 2 heterocycles. The van der Waals surface area contributed by atoms with Gasteiger partial charge in [0, 0.05) is 44.8 Å². The standard InChI is InChI=1S/C10H21N3.2ClH/c1-9-7-10(8-11-9)13-5-3-12(2)4-6-13;;/h9-11H,3-8H2,1-2H3;2*1H/t9-,10+;;/m0../s1. The zero-order valence-electron chi connectivity index (χ0n) is 9.61. The molecule has 0 radical (unpaired) electrons. The Bertz CT molecular complexity index is 172. The zero-order chi connectivity index (χ0) is 9.26. The number of hydrogen-bond acceptors (Lipinski definition) is 3. The average molecular weight is 256 g/mol. The van der Waals surface area contributed by atoms with Crippen molar-refractivity contribution in [2.45, 2.75) is 25.4 Å². The summed E-state index contributed by atoms with van der Waals surface area (Å²) in [6, 6.07) is 1.54. The molecule has 15 heavy (non-hydrogen) atoms. The van der Waals surface area contributed by atoms with Crippen molar-refractivity contribution in [3.63, 3.8) is 0 Å². The SMILES string of the molecule is C[C@H]1C[C@@H](N2CCN(C)CC2)CN1.Cl.Cl. The van der Waals surface area contributed by atoms with Gasteiger partial charge in [-0.25, -0.2) is 0 Å². The van der Waals surface area contributed by atoms with E-state index in [1.165, 1.54) is 39.1 Å². The Hall–Kier alpha value is 0.460. The molecule has 0 aliphatic carbocycles. The van der Waals surface area contributed by atoms with Crippen molar-refractivity contribution >= 4 is 24.8 Å². The lowest BCUT2D eigenvalue weighted by Gasteiger charge is -2.36. The van der Waals surface area contributed by atoms with E-state index in [4.69, 9.17) is 0 Å².